The van der Waals surface area contributed by atoms with E-state index in [0.717, 1.165) is 24.3 Å². The summed E-state index contributed by atoms with van der Waals surface area (Å²) >= 11 is 0. The molecule has 0 radical (unpaired) electrons. The average molecular weight is 513 g/mol. The highest BCUT2D eigenvalue weighted by atomic mass is 35.7. The molecule has 0 aliphatic heterocycles. The maximum absolute atomic E-state index is 13.5. The number of hydrogen-bond donors (Lipinski definition) is 3. The van der Waals surface area contributed by atoms with Crippen molar-refractivity contribution in [1.82, 2.24) is 4.90 Å². The van der Waals surface area contributed by atoms with Gasteiger partial charge >= 0.3 is 11.7 Å². The molecule has 0 fully saturated rings. The normalized spacial score (nSPS) is 12.7. The van der Waals surface area contributed by atoms with E-state index in [9.17, 15) is 27.6 Å². The predicted octanol–water partition coefficient (Wildman–Crippen LogP) is -0.557. The first-order chi connectivity index (χ1) is 15.8. The number of nitrogens with two attached hydrogens (primary N) is 3. The molecule has 1 unspecified atom stereocenters. The van der Waals surface area contributed by atoms with Crippen LogP contribution in [0.25, 0.3) is 0 Å². The van der Waals surface area contributed by atoms with Crippen molar-refractivity contribution in [2.45, 2.75) is 17.1 Å². The van der Waals surface area contributed by atoms with Gasteiger partial charge in [0.15, 0.2) is 0 Å². The molecule has 2 rings (SSSR count). The second kappa shape index (κ2) is 10.9. The molecule has 34 heavy (non-hydrogen) atoms. The largest absolute Gasteiger partial charge is 0.444 e. The molecule has 2 aromatic rings. The minimum atomic E-state index is -4.05. The molecule has 0 saturated heterocycles. The predicted molar refractivity (Wildman–Crippen MR) is 119 cm³/mol. The van der Waals surface area contributed by atoms with Crippen LogP contribution in [0, 0.1) is 0 Å². The summed E-state index contributed by atoms with van der Waals surface area (Å²) in [5.74, 6) is -6.77. The van der Waals surface area contributed by atoms with E-state index in [1.807, 2.05) is 0 Å². The Balaban J connectivity index is 2.61. The molecule has 182 valence electrons. The molecular weight excluding hydrogens is 492 g/mol. The molecule has 4 amide bonds. The number of nitrogens with zero attached hydrogens (tertiary/aromatic N) is 1. The summed E-state index contributed by atoms with van der Waals surface area (Å²) in [6.45, 7) is -1.51. The first kappa shape index (κ1) is 26.4. The lowest BCUT2D eigenvalue weighted by Gasteiger charge is -2.36. The van der Waals surface area contributed by atoms with Gasteiger partial charge in [0.1, 0.15) is 31.0 Å². The first-order valence-corrected chi connectivity index (χ1v) is 11.8. The van der Waals surface area contributed by atoms with Crippen molar-refractivity contribution in [3.8, 4) is 11.5 Å². The number of carbonyl (C=O) groups excluding carboxylic acids is 4. The summed E-state index contributed by atoms with van der Waals surface area (Å²) in [6.07, 6.45) is -0.871. The maximum Gasteiger partial charge on any atom is 0.341 e. The van der Waals surface area contributed by atoms with Gasteiger partial charge in [-0.15, -0.1) is 0 Å². The molecule has 14 heteroatoms. The van der Waals surface area contributed by atoms with Gasteiger partial charge in [0.05, 0.1) is 4.90 Å². The molecule has 0 heterocycles. The molecule has 12 nitrogen and oxygen atoms in total. The number of hydrogen-bond acceptors (Lipinski definition) is 8. The smallest absolute Gasteiger partial charge is 0.341 e. The third-order valence-electron chi connectivity index (χ3n) is 4.13. The van der Waals surface area contributed by atoms with Crippen molar-refractivity contribution in [3.05, 3.63) is 54.6 Å². The van der Waals surface area contributed by atoms with E-state index in [0.29, 0.717) is 4.90 Å². The molecule has 2 aromatic carbocycles. The van der Waals surface area contributed by atoms with Crippen LogP contribution >= 0.6 is 10.7 Å². The number of primary amides is 3. The first-order valence-electron chi connectivity index (χ1n) is 9.44. The van der Waals surface area contributed by atoms with Crippen LogP contribution in [0.2, 0.25) is 0 Å². The molecule has 0 saturated carbocycles. The number of benzene rings is 2. The molecule has 0 spiro atoms. The van der Waals surface area contributed by atoms with Crippen LogP contribution in [0.1, 0.15) is 6.42 Å². The Kier molecular flexibility index (Phi) is 8.43. The average Bonchev–Trinajstić information content (AvgIpc) is 2.72. The second-order valence-corrected chi connectivity index (χ2v) is 9.48. The highest BCUT2D eigenvalue weighted by Gasteiger charge is 2.49. The van der Waals surface area contributed by atoms with Gasteiger partial charge in [0.2, 0.25) is 17.7 Å². The molecule has 0 aromatic heterocycles. The lowest BCUT2D eigenvalue weighted by molar-refractivity contribution is -0.182. The third kappa shape index (κ3) is 7.35. The molecule has 1 atom stereocenters. The number of amides is 4. The number of ether oxygens (including phenoxy) is 2. The van der Waals surface area contributed by atoms with E-state index in [1.165, 1.54) is 12.1 Å². The quantitative estimate of drug-likeness (QED) is 0.248. The number of rotatable bonds is 12. The van der Waals surface area contributed by atoms with E-state index in [-0.39, 0.29) is 16.4 Å². The lowest BCUT2D eigenvalue weighted by atomic mass is 10.1. The van der Waals surface area contributed by atoms with Crippen molar-refractivity contribution in [2.24, 2.45) is 17.2 Å². The van der Waals surface area contributed by atoms with Crippen molar-refractivity contribution in [3.63, 3.8) is 0 Å². The minimum absolute atomic E-state index is 0.0650. The van der Waals surface area contributed by atoms with Gasteiger partial charge in [-0.3, -0.25) is 19.2 Å². The number of para-hydroxylation sites is 1. The van der Waals surface area contributed by atoms with E-state index in [1.54, 1.807) is 18.2 Å². The zero-order valence-electron chi connectivity index (χ0n) is 17.5. The van der Waals surface area contributed by atoms with Crippen molar-refractivity contribution < 1.29 is 37.1 Å². The maximum atomic E-state index is 13.5. The van der Waals surface area contributed by atoms with Crippen molar-refractivity contribution in [1.29, 1.82) is 0 Å². The van der Waals surface area contributed by atoms with Crippen LogP contribution < -0.4 is 26.7 Å². The van der Waals surface area contributed by atoms with Gasteiger partial charge in [-0.25, -0.2) is 8.42 Å². The molecule has 0 bridgehead atoms. The van der Waals surface area contributed by atoms with Gasteiger partial charge in [0, 0.05) is 10.7 Å². The fourth-order valence-corrected chi connectivity index (χ4v) is 3.61. The Morgan fingerprint density at radius 1 is 0.794 bits per heavy atom. The standard InChI is InChI=1S/C20H21ClN4O8S/c21-34(30,31)15-8-6-14(7-9-15)33-20(10-16(22)26,32-13-4-2-1-3-5-13)19(29)25(11-17(23)27)12-18(24)28/h1-9H,10-12H2,(H2,22,26)(H2,23,27)(H2,24,28). The van der Waals surface area contributed by atoms with Gasteiger partial charge in [0.25, 0.3) is 9.05 Å². The topological polar surface area (TPSA) is 202 Å². The summed E-state index contributed by atoms with van der Waals surface area (Å²) < 4.78 is 34.5. The van der Waals surface area contributed by atoms with E-state index < -0.39 is 58.0 Å². The van der Waals surface area contributed by atoms with Crippen LogP contribution in [-0.2, 0) is 28.2 Å². The Morgan fingerprint density at radius 2 is 1.26 bits per heavy atom. The monoisotopic (exact) mass is 512 g/mol. The number of carbonyl (C=O) groups is 4. The fourth-order valence-electron chi connectivity index (χ4n) is 2.84. The van der Waals surface area contributed by atoms with E-state index in [4.69, 9.17) is 37.4 Å². The molecular formula is C20H21ClN4O8S. The minimum Gasteiger partial charge on any atom is -0.444 e. The summed E-state index contributed by atoms with van der Waals surface area (Å²) in [6, 6.07) is 12.2. The zero-order valence-corrected chi connectivity index (χ0v) is 19.1. The number of halogens is 1. The Morgan fingerprint density at radius 3 is 1.68 bits per heavy atom. The Labute approximate surface area is 198 Å². The summed E-state index contributed by atoms with van der Waals surface area (Å²) in [5.41, 5.74) is 15.7. The fraction of sp³-hybridized carbons (Fsp3) is 0.200. The highest BCUT2D eigenvalue weighted by Crippen LogP contribution is 2.29. The van der Waals surface area contributed by atoms with Gasteiger partial charge in [-0.05, 0) is 36.4 Å². The summed E-state index contributed by atoms with van der Waals surface area (Å²) in [5, 5.41) is 0. The third-order valence-corrected chi connectivity index (χ3v) is 5.50. The van der Waals surface area contributed by atoms with Crippen LogP contribution in [0.5, 0.6) is 11.5 Å². The van der Waals surface area contributed by atoms with Gasteiger partial charge in [-0.1, -0.05) is 18.2 Å². The molecule has 0 aliphatic rings. The Hall–Kier alpha value is -3.84. The summed E-state index contributed by atoms with van der Waals surface area (Å²) in [4.78, 5) is 48.9. The van der Waals surface area contributed by atoms with Gasteiger partial charge < -0.3 is 31.6 Å². The van der Waals surface area contributed by atoms with Crippen molar-refractivity contribution in [2.75, 3.05) is 13.1 Å². The SMILES string of the molecule is NC(=O)CN(CC(N)=O)C(=O)C(CC(N)=O)(Oc1ccccc1)Oc1ccc(S(=O)(=O)Cl)cc1. The van der Waals surface area contributed by atoms with E-state index in [2.05, 4.69) is 0 Å². The highest BCUT2D eigenvalue weighted by molar-refractivity contribution is 8.13. The van der Waals surface area contributed by atoms with Crippen molar-refractivity contribution >= 4 is 43.4 Å². The van der Waals surface area contributed by atoms with Crippen LogP contribution in [0.3, 0.4) is 0 Å². The molecule has 6 N–H and O–H groups in total. The van der Waals surface area contributed by atoms with Crippen LogP contribution in [-0.4, -0.2) is 55.8 Å². The molecule has 0 aliphatic carbocycles. The van der Waals surface area contributed by atoms with Gasteiger partial charge in [-0.2, -0.15) is 0 Å². The second-order valence-electron chi connectivity index (χ2n) is 6.92. The Bertz CT molecular complexity index is 1160. The van der Waals surface area contributed by atoms with E-state index >= 15 is 0 Å². The van der Waals surface area contributed by atoms with Crippen LogP contribution in [0.4, 0.5) is 0 Å². The summed E-state index contributed by atoms with van der Waals surface area (Å²) in [7, 11) is 1.25. The zero-order chi connectivity index (χ0) is 25.5. The van der Waals surface area contributed by atoms with Crippen LogP contribution in [0.15, 0.2) is 59.5 Å². The lowest BCUT2D eigenvalue weighted by Crippen LogP contribution is -2.60.